The van der Waals surface area contributed by atoms with E-state index in [9.17, 15) is 4.79 Å². The normalized spacial score (nSPS) is 21.4. The highest BCUT2D eigenvalue weighted by Gasteiger charge is 2.35. The van der Waals surface area contributed by atoms with Crippen molar-refractivity contribution in [2.45, 2.75) is 31.2 Å². The molecule has 0 aromatic heterocycles. The first-order valence-electron chi connectivity index (χ1n) is 5.89. The molecule has 1 aliphatic rings. The molecule has 0 saturated carbocycles. The van der Waals surface area contributed by atoms with E-state index < -0.39 is 0 Å². The van der Waals surface area contributed by atoms with Crippen LogP contribution in [0.1, 0.15) is 18.9 Å². The predicted molar refractivity (Wildman–Crippen MR) is 70.2 cm³/mol. The van der Waals surface area contributed by atoms with Gasteiger partial charge in [0.1, 0.15) is 6.61 Å². The molecular formula is C13H17NO2S. The van der Waals surface area contributed by atoms with Crippen molar-refractivity contribution >= 4 is 18.7 Å². The van der Waals surface area contributed by atoms with Crippen LogP contribution in [-0.2, 0) is 11.2 Å². The number of rotatable bonds is 4. The van der Waals surface area contributed by atoms with E-state index in [-0.39, 0.29) is 17.5 Å². The van der Waals surface area contributed by atoms with E-state index >= 15 is 0 Å². The molecule has 1 amide bonds. The number of carbonyl (C=O) groups excluding carboxylic acids is 1. The number of hydrogen-bond donors (Lipinski definition) is 1. The number of thiol groups is 1. The Hall–Kier alpha value is -1.16. The summed E-state index contributed by atoms with van der Waals surface area (Å²) in [5, 5.41) is -0.0567. The van der Waals surface area contributed by atoms with Crippen molar-refractivity contribution in [3.05, 3.63) is 35.9 Å². The summed E-state index contributed by atoms with van der Waals surface area (Å²) in [6, 6.07) is 10.3. The summed E-state index contributed by atoms with van der Waals surface area (Å²) >= 11 is 4.44. The highest BCUT2D eigenvalue weighted by Crippen LogP contribution is 2.23. The fraction of sp³-hybridized carbons (Fsp3) is 0.462. The van der Waals surface area contributed by atoms with Gasteiger partial charge in [0.2, 0.25) is 0 Å². The highest BCUT2D eigenvalue weighted by molar-refractivity contribution is 7.80. The lowest BCUT2D eigenvalue weighted by molar-refractivity contribution is 0.155. The first kappa shape index (κ1) is 12.3. The zero-order valence-electron chi connectivity index (χ0n) is 9.87. The van der Waals surface area contributed by atoms with Crippen LogP contribution < -0.4 is 0 Å². The Morgan fingerprint density at radius 2 is 2.18 bits per heavy atom. The average Bonchev–Trinajstić information content (AvgIpc) is 2.71. The van der Waals surface area contributed by atoms with E-state index in [0.717, 1.165) is 12.8 Å². The Morgan fingerprint density at radius 3 is 2.82 bits per heavy atom. The van der Waals surface area contributed by atoms with Gasteiger partial charge < -0.3 is 4.74 Å². The van der Waals surface area contributed by atoms with Crippen molar-refractivity contribution < 1.29 is 9.53 Å². The van der Waals surface area contributed by atoms with Crippen molar-refractivity contribution in [1.82, 2.24) is 4.90 Å². The molecule has 0 bridgehead atoms. The van der Waals surface area contributed by atoms with E-state index in [4.69, 9.17) is 4.74 Å². The fourth-order valence-electron chi connectivity index (χ4n) is 2.08. The Morgan fingerprint density at radius 1 is 1.47 bits per heavy atom. The summed E-state index contributed by atoms with van der Waals surface area (Å²) in [6.07, 6.45) is 1.40. The van der Waals surface area contributed by atoms with Crippen LogP contribution in [-0.4, -0.2) is 29.0 Å². The zero-order chi connectivity index (χ0) is 12.3. The second kappa shape index (κ2) is 5.45. The molecule has 0 radical (unpaired) electrons. The van der Waals surface area contributed by atoms with Gasteiger partial charge in [-0.3, -0.25) is 4.90 Å². The maximum Gasteiger partial charge on any atom is 0.411 e. The molecule has 0 spiro atoms. The third-order valence-electron chi connectivity index (χ3n) is 3.00. The molecule has 0 aliphatic carbocycles. The molecule has 1 heterocycles. The lowest BCUT2D eigenvalue weighted by Crippen LogP contribution is -2.40. The standard InChI is InChI=1S/C13H17NO2S/c1-2-12(17)14-11(9-16-13(14)15)8-10-6-4-3-5-7-10/h3-7,11-12,17H,2,8-9H2,1H3/t11-,12-/m0/s1. The Bertz CT molecular complexity index is 382. The van der Waals surface area contributed by atoms with Crippen LogP contribution in [0, 0.1) is 0 Å². The van der Waals surface area contributed by atoms with Gasteiger partial charge in [-0.15, -0.1) is 0 Å². The van der Waals surface area contributed by atoms with Crippen LogP contribution in [0.4, 0.5) is 4.79 Å². The van der Waals surface area contributed by atoms with Crippen LogP contribution in [0.3, 0.4) is 0 Å². The molecule has 1 saturated heterocycles. The highest BCUT2D eigenvalue weighted by atomic mass is 32.1. The third-order valence-corrected chi connectivity index (χ3v) is 3.62. The largest absolute Gasteiger partial charge is 0.447 e. The topological polar surface area (TPSA) is 29.5 Å². The first-order valence-corrected chi connectivity index (χ1v) is 6.41. The number of amides is 1. The second-order valence-electron chi connectivity index (χ2n) is 4.22. The van der Waals surface area contributed by atoms with Gasteiger partial charge in [0.05, 0.1) is 11.4 Å². The molecule has 1 aliphatic heterocycles. The molecule has 0 unspecified atom stereocenters. The van der Waals surface area contributed by atoms with Gasteiger partial charge in [0, 0.05) is 0 Å². The maximum atomic E-state index is 11.6. The summed E-state index contributed by atoms with van der Waals surface area (Å²) < 4.78 is 5.11. The molecule has 4 heteroatoms. The SMILES string of the molecule is CC[C@H](S)N1C(=O)OC[C@@H]1Cc1ccccc1. The van der Waals surface area contributed by atoms with Gasteiger partial charge in [0.25, 0.3) is 0 Å². The molecule has 92 valence electrons. The van der Waals surface area contributed by atoms with Crippen LogP contribution in [0.15, 0.2) is 30.3 Å². The number of hydrogen-bond acceptors (Lipinski definition) is 3. The third kappa shape index (κ3) is 2.75. The number of benzene rings is 1. The predicted octanol–water partition coefficient (Wildman–Crippen LogP) is 2.72. The summed E-state index contributed by atoms with van der Waals surface area (Å²) in [4.78, 5) is 13.4. The van der Waals surface area contributed by atoms with Crippen molar-refractivity contribution in [3.8, 4) is 0 Å². The second-order valence-corrected chi connectivity index (χ2v) is 4.81. The van der Waals surface area contributed by atoms with Crippen molar-refractivity contribution in [2.75, 3.05) is 6.61 Å². The summed E-state index contributed by atoms with van der Waals surface area (Å²) in [6.45, 7) is 2.48. The van der Waals surface area contributed by atoms with Gasteiger partial charge in [-0.2, -0.15) is 12.6 Å². The van der Waals surface area contributed by atoms with E-state index in [1.807, 2.05) is 25.1 Å². The van der Waals surface area contributed by atoms with E-state index in [0.29, 0.717) is 6.61 Å². The Kier molecular flexibility index (Phi) is 3.94. The minimum Gasteiger partial charge on any atom is -0.447 e. The van der Waals surface area contributed by atoms with Crippen LogP contribution in [0.5, 0.6) is 0 Å². The van der Waals surface area contributed by atoms with Gasteiger partial charge in [-0.1, -0.05) is 37.3 Å². The fourth-order valence-corrected chi connectivity index (χ4v) is 2.36. The molecule has 1 aromatic carbocycles. The smallest absolute Gasteiger partial charge is 0.411 e. The molecule has 1 aromatic rings. The van der Waals surface area contributed by atoms with Crippen LogP contribution in [0.25, 0.3) is 0 Å². The molecule has 2 atom stereocenters. The van der Waals surface area contributed by atoms with Crippen LogP contribution in [0.2, 0.25) is 0 Å². The quantitative estimate of drug-likeness (QED) is 0.834. The lowest BCUT2D eigenvalue weighted by atomic mass is 10.1. The van der Waals surface area contributed by atoms with E-state index in [1.54, 1.807) is 4.90 Å². The number of ether oxygens (including phenoxy) is 1. The molecule has 1 fully saturated rings. The summed E-state index contributed by atoms with van der Waals surface area (Å²) in [7, 11) is 0. The van der Waals surface area contributed by atoms with Gasteiger partial charge in [-0.05, 0) is 18.4 Å². The van der Waals surface area contributed by atoms with Crippen molar-refractivity contribution in [3.63, 3.8) is 0 Å². The summed E-state index contributed by atoms with van der Waals surface area (Å²) in [5.41, 5.74) is 1.22. The minimum absolute atomic E-state index is 0.0567. The van der Waals surface area contributed by atoms with Gasteiger partial charge in [0.15, 0.2) is 0 Å². The van der Waals surface area contributed by atoms with Crippen LogP contribution >= 0.6 is 12.6 Å². The van der Waals surface area contributed by atoms with E-state index in [2.05, 4.69) is 24.8 Å². The lowest BCUT2D eigenvalue weighted by Gasteiger charge is -2.26. The molecule has 3 nitrogen and oxygen atoms in total. The molecule has 2 rings (SSSR count). The Balaban J connectivity index is 2.07. The minimum atomic E-state index is -0.243. The Labute approximate surface area is 107 Å². The van der Waals surface area contributed by atoms with E-state index in [1.165, 1.54) is 5.56 Å². The average molecular weight is 251 g/mol. The number of cyclic esters (lactones) is 1. The van der Waals surface area contributed by atoms with Crippen molar-refractivity contribution in [1.29, 1.82) is 0 Å². The van der Waals surface area contributed by atoms with Crippen molar-refractivity contribution in [2.24, 2.45) is 0 Å². The monoisotopic (exact) mass is 251 g/mol. The molecular weight excluding hydrogens is 234 g/mol. The number of carbonyl (C=O) groups is 1. The van der Waals surface area contributed by atoms with Gasteiger partial charge in [-0.25, -0.2) is 4.79 Å². The first-order chi connectivity index (χ1) is 8.22. The van der Waals surface area contributed by atoms with Gasteiger partial charge >= 0.3 is 6.09 Å². The number of nitrogens with zero attached hydrogens (tertiary/aromatic N) is 1. The zero-order valence-corrected chi connectivity index (χ0v) is 10.8. The maximum absolute atomic E-state index is 11.6. The summed E-state index contributed by atoms with van der Waals surface area (Å²) in [5.74, 6) is 0. The molecule has 17 heavy (non-hydrogen) atoms. The molecule has 0 N–H and O–H groups in total.